The monoisotopic (exact) mass is 309 g/mol. The lowest BCUT2D eigenvalue weighted by atomic mass is 9.98. The van der Waals surface area contributed by atoms with E-state index in [0.29, 0.717) is 13.0 Å². The lowest BCUT2D eigenvalue weighted by Crippen LogP contribution is -2.47. The van der Waals surface area contributed by atoms with Gasteiger partial charge >= 0.3 is 0 Å². The minimum absolute atomic E-state index is 0.0926. The Balaban J connectivity index is 1.83. The minimum Gasteiger partial charge on any atom is -0.379 e. The van der Waals surface area contributed by atoms with Gasteiger partial charge in [-0.3, -0.25) is 4.79 Å². The molecule has 1 atom stereocenters. The molecule has 0 fully saturated rings. The third-order valence-corrected chi connectivity index (χ3v) is 4.67. The fraction of sp³-hybridized carbons (Fsp3) is 0.600. The molecule has 0 radical (unpaired) electrons. The van der Waals surface area contributed by atoms with E-state index in [1.54, 1.807) is 18.3 Å². The quantitative estimate of drug-likeness (QED) is 0.839. The van der Waals surface area contributed by atoms with E-state index in [0.717, 1.165) is 30.2 Å². The molecule has 1 N–H and O–H groups in total. The molecule has 1 aliphatic rings. The first-order valence-electron chi connectivity index (χ1n) is 7.38. The van der Waals surface area contributed by atoms with Crippen LogP contribution in [-0.2, 0) is 9.63 Å². The second kappa shape index (κ2) is 7.04. The number of nitrogens with zero attached hydrogens (tertiary/aromatic N) is 2. The van der Waals surface area contributed by atoms with E-state index in [-0.39, 0.29) is 5.91 Å². The van der Waals surface area contributed by atoms with Gasteiger partial charge in [0.1, 0.15) is 5.71 Å². The first kappa shape index (κ1) is 16.0. The molecule has 0 aliphatic carbocycles. The number of hydrogen-bond acceptors (Lipinski definition) is 5. The Morgan fingerprint density at radius 2 is 2.29 bits per heavy atom. The van der Waals surface area contributed by atoms with E-state index >= 15 is 0 Å². The SMILES string of the molecule is CCN(CC)CCNC(=O)[C@@]1(C)CC(c2cccs2)=NO1. The van der Waals surface area contributed by atoms with Crippen molar-refractivity contribution in [2.45, 2.75) is 32.8 Å². The summed E-state index contributed by atoms with van der Waals surface area (Å²) in [7, 11) is 0. The normalized spacial score (nSPS) is 21.2. The Labute approximate surface area is 130 Å². The Hall–Kier alpha value is -1.40. The Kier molecular flexibility index (Phi) is 5.36. The van der Waals surface area contributed by atoms with Gasteiger partial charge in [-0.1, -0.05) is 25.1 Å². The molecule has 6 heteroatoms. The molecule has 2 heterocycles. The van der Waals surface area contributed by atoms with Crippen molar-refractivity contribution in [3.05, 3.63) is 22.4 Å². The van der Waals surface area contributed by atoms with E-state index in [4.69, 9.17) is 4.84 Å². The first-order chi connectivity index (χ1) is 10.1. The van der Waals surface area contributed by atoms with Crippen LogP contribution in [-0.4, -0.2) is 48.3 Å². The van der Waals surface area contributed by atoms with Crippen molar-refractivity contribution < 1.29 is 9.63 Å². The maximum Gasteiger partial charge on any atom is 0.267 e. The summed E-state index contributed by atoms with van der Waals surface area (Å²) in [5.74, 6) is -0.0926. The standard InChI is InChI=1S/C15H23N3O2S/c1-4-18(5-2)9-8-16-14(19)15(3)11-12(17-20-15)13-7-6-10-21-13/h6-7,10H,4-5,8-9,11H2,1-3H3,(H,16,19)/t15-/m1/s1. The Bertz CT molecular complexity index is 497. The number of amides is 1. The molecule has 1 aromatic rings. The van der Waals surface area contributed by atoms with E-state index in [1.807, 2.05) is 17.5 Å². The highest BCUT2D eigenvalue weighted by Crippen LogP contribution is 2.28. The van der Waals surface area contributed by atoms with Gasteiger partial charge in [-0.2, -0.15) is 0 Å². The van der Waals surface area contributed by atoms with Gasteiger partial charge in [-0.25, -0.2) is 0 Å². The highest BCUT2D eigenvalue weighted by molar-refractivity contribution is 7.12. The molecule has 2 rings (SSSR count). The van der Waals surface area contributed by atoms with Crippen LogP contribution in [0.15, 0.2) is 22.7 Å². The van der Waals surface area contributed by atoms with Crippen molar-refractivity contribution in [2.75, 3.05) is 26.2 Å². The number of likely N-dealkylation sites (N-methyl/N-ethyl adjacent to an activating group) is 1. The van der Waals surface area contributed by atoms with E-state index in [1.165, 1.54) is 0 Å². The number of thiophene rings is 1. The molecule has 0 aromatic carbocycles. The average Bonchev–Trinajstić information content (AvgIpc) is 3.13. The summed E-state index contributed by atoms with van der Waals surface area (Å²) >= 11 is 1.61. The molecule has 1 aliphatic heterocycles. The third kappa shape index (κ3) is 3.83. The summed E-state index contributed by atoms with van der Waals surface area (Å²) < 4.78 is 0. The summed E-state index contributed by atoms with van der Waals surface area (Å²) in [4.78, 5) is 21.1. The molecule has 21 heavy (non-hydrogen) atoms. The Morgan fingerprint density at radius 3 is 2.90 bits per heavy atom. The maximum atomic E-state index is 12.3. The predicted octanol–water partition coefficient (Wildman–Crippen LogP) is 2.09. The van der Waals surface area contributed by atoms with Crippen LogP contribution in [0.1, 0.15) is 32.1 Å². The zero-order valence-electron chi connectivity index (χ0n) is 12.9. The number of hydrogen-bond donors (Lipinski definition) is 1. The number of carbonyl (C=O) groups excluding carboxylic acids is 1. The van der Waals surface area contributed by atoms with Crippen molar-refractivity contribution in [1.82, 2.24) is 10.2 Å². The molecule has 0 spiro atoms. The zero-order valence-corrected chi connectivity index (χ0v) is 13.7. The van der Waals surface area contributed by atoms with Gasteiger partial charge in [0.25, 0.3) is 5.91 Å². The molecule has 1 aromatic heterocycles. The van der Waals surface area contributed by atoms with Crippen LogP contribution in [0.2, 0.25) is 0 Å². The fourth-order valence-electron chi connectivity index (χ4n) is 2.29. The molecule has 116 valence electrons. The van der Waals surface area contributed by atoms with Crippen LogP contribution in [0.5, 0.6) is 0 Å². The topological polar surface area (TPSA) is 53.9 Å². The van der Waals surface area contributed by atoms with Gasteiger partial charge < -0.3 is 15.1 Å². The van der Waals surface area contributed by atoms with Crippen LogP contribution in [0, 0.1) is 0 Å². The Morgan fingerprint density at radius 1 is 1.52 bits per heavy atom. The van der Waals surface area contributed by atoms with Crippen molar-refractivity contribution in [2.24, 2.45) is 5.16 Å². The maximum absolute atomic E-state index is 12.3. The minimum atomic E-state index is -0.886. The summed E-state index contributed by atoms with van der Waals surface area (Å²) in [6.07, 6.45) is 0.518. The second-order valence-electron chi connectivity index (χ2n) is 5.30. The van der Waals surface area contributed by atoms with Gasteiger partial charge in [-0.15, -0.1) is 11.3 Å². The third-order valence-electron chi connectivity index (χ3n) is 3.76. The van der Waals surface area contributed by atoms with Crippen LogP contribution >= 0.6 is 11.3 Å². The summed E-state index contributed by atoms with van der Waals surface area (Å²) in [6.45, 7) is 9.50. The molecular formula is C15H23N3O2S. The van der Waals surface area contributed by atoms with Crippen molar-refractivity contribution >= 4 is 23.0 Å². The molecule has 5 nitrogen and oxygen atoms in total. The first-order valence-corrected chi connectivity index (χ1v) is 8.26. The highest BCUT2D eigenvalue weighted by Gasteiger charge is 2.42. The number of nitrogens with one attached hydrogen (secondary N) is 1. The largest absolute Gasteiger partial charge is 0.379 e. The van der Waals surface area contributed by atoms with Crippen molar-refractivity contribution in [3.63, 3.8) is 0 Å². The van der Waals surface area contributed by atoms with E-state index < -0.39 is 5.60 Å². The molecule has 0 bridgehead atoms. The number of carbonyl (C=O) groups is 1. The lowest BCUT2D eigenvalue weighted by molar-refractivity contribution is -0.141. The lowest BCUT2D eigenvalue weighted by Gasteiger charge is -2.22. The van der Waals surface area contributed by atoms with Crippen molar-refractivity contribution in [1.29, 1.82) is 0 Å². The average molecular weight is 309 g/mol. The fourth-order valence-corrected chi connectivity index (χ4v) is 3.00. The van der Waals surface area contributed by atoms with Gasteiger partial charge in [0.2, 0.25) is 5.60 Å². The molecule has 0 saturated heterocycles. The van der Waals surface area contributed by atoms with Crippen LogP contribution < -0.4 is 5.32 Å². The summed E-state index contributed by atoms with van der Waals surface area (Å²) in [5.41, 5.74) is -0.0332. The summed E-state index contributed by atoms with van der Waals surface area (Å²) in [6, 6.07) is 3.97. The van der Waals surface area contributed by atoms with E-state index in [2.05, 4.69) is 29.2 Å². The van der Waals surface area contributed by atoms with Gasteiger partial charge in [-0.05, 0) is 31.5 Å². The summed E-state index contributed by atoms with van der Waals surface area (Å²) in [5, 5.41) is 9.04. The van der Waals surface area contributed by atoms with E-state index in [9.17, 15) is 4.79 Å². The number of rotatable bonds is 7. The smallest absolute Gasteiger partial charge is 0.267 e. The van der Waals surface area contributed by atoms with Crippen LogP contribution in [0.4, 0.5) is 0 Å². The number of oxime groups is 1. The van der Waals surface area contributed by atoms with Crippen LogP contribution in [0.3, 0.4) is 0 Å². The predicted molar refractivity (Wildman–Crippen MR) is 85.8 cm³/mol. The van der Waals surface area contributed by atoms with Crippen LogP contribution in [0.25, 0.3) is 0 Å². The molecule has 0 unspecified atom stereocenters. The molecule has 0 saturated carbocycles. The van der Waals surface area contributed by atoms with Gasteiger partial charge in [0.05, 0.1) is 4.88 Å². The molecule has 1 amide bonds. The second-order valence-corrected chi connectivity index (χ2v) is 6.24. The van der Waals surface area contributed by atoms with Gasteiger partial charge in [0, 0.05) is 19.5 Å². The van der Waals surface area contributed by atoms with Gasteiger partial charge in [0.15, 0.2) is 0 Å². The highest BCUT2D eigenvalue weighted by atomic mass is 32.1. The van der Waals surface area contributed by atoms with Crippen molar-refractivity contribution in [3.8, 4) is 0 Å². The molecular weight excluding hydrogens is 286 g/mol. The zero-order chi connectivity index (χ0) is 15.3.